The van der Waals surface area contributed by atoms with E-state index in [0.717, 1.165) is 4.90 Å². The van der Waals surface area contributed by atoms with Crippen molar-refractivity contribution < 1.29 is 18.7 Å². The summed E-state index contributed by atoms with van der Waals surface area (Å²) in [5, 5.41) is 17.4. The van der Waals surface area contributed by atoms with Crippen molar-refractivity contribution in [2.45, 2.75) is 26.2 Å². The number of hydrogen-bond acceptors (Lipinski definition) is 3. The van der Waals surface area contributed by atoms with Crippen molar-refractivity contribution in [1.82, 2.24) is 4.90 Å². The van der Waals surface area contributed by atoms with Gasteiger partial charge in [0.25, 0.3) is 6.43 Å². The molecule has 0 bridgehead atoms. The highest BCUT2D eigenvalue weighted by molar-refractivity contribution is 5.81. The molecule has 0 heterocycles. The number of carbonyl (C=O) groups excluding carboxylic acids is 1. The maximum Gasteiger partial charge on any atom is 0.255 e. The van der Waals surface area contributed by atoms with E-state index in [-0.39, 0.29) is 13.2 Å². The predicted octanol–water partition coefficient (Wildman–Crippen LogP) is 1.01. The zero-order chi connectivity index (χ0) is 12.6. The molecular weight excluding hydrogens is 218 g/mol. The smallest absolute Gasteiger partial charge is 0.255 e. The second-order valence-electron chi connectivity index (χ2n) is 3.37. The molecule has 0 fully saturated rings. The lowest BCUT2D eigenvalue weighted by Gasteiger charge is -2.23. The van der Waals surface area contributed by atoms with Crippen LogP contribution in [0.1, 0.15) is 19.8 Å². The molecule has 1 N–H and O–H groups in total. The number of alkyl halides is 2. The van der Waals surface area contributed by atoms with Gasteiger partial charge in [0.15, 0.2) is 0 Å². The zero-order valence-corrected chi connectivity index (χ0v) is 9.20. The summed E-state index contributed by atoms with van der Waals surface area (Å²) < 4.78 is 24.3. The Morgan fingerprint density at radius 3 is 2.56 bits per heavy atom. The molecule has 1 atom stereocenters. The van der Waals surface area contributed by atoms with Crippen LogP contribution >= 0.6 is 0 Å². The van der Waals surface area contributed by atoms with Gasteiger partial charge in [-0.15, -0.1) is 0 Å². The average Bonchev–Trinajstić information content (AvgIpc) is 2.23. The highest BCUT2D eigenvalue weighted by Gasteiger charge is 2.25. The molecule has 0 aliphatic rings. The molecule has 0 aromatic heterocycles. The van der Waals surface area contributed by atoms with E-state index in [9.17, 15) is 13.6 Å². The van der Waals surface area contributed by atoms with Crippen LogP contribution in [0.3, 0.4) is 0 Å². The highest BCUT2D eigenvalue weighted by Crippen LogP contribution is 2.11. The third-order valence-electron chi connectivity index (χ3n) is 2.07. The maximum absolute atomic E-state index is 12.2. The van der Waals surface area contributed by atoms with Crippen LogP contribution in [0.5, 0.6) is 0 Å². The summed E-state index contributed by atoms with van der Waals surface area (Å²) in [6, 6.07) is 1.80. The topological polar surface area (TPSA) is 64.3 Å². The predicted molar refractivity (Wildman–Crippen MR) is 53.7 cm³/mol. The fraction of sp³-hybridized carbons (Fsp3) is 0.800. The van der Waals surface area contributed by atoms with Crippen LogP contribution < -0.4 is 0 Å². The summed E-state index contributed by atoms with van der Waals surface area (Å²) in [6.45, 7) is 0.524. The van der Waals surface area contributed by atoms with Gasteiger partial charge < -0.3 is 10.0 Å². The number of nitrogens with zero attached hydrogens (tertiary/aromatic N) is 2. The van der Waals surface area contributed by atoms with Gasteiger partial charge in [0.1, 0.15) is 5.92 Å². The van der Waals surface area contributed by atoms with E-state index in [0.29, 0.717) is 12.8 Å². The van der Waals surface area contributed by atoms with Crippen LogP contribution in [0.15, 0.2) is 0 Å². The molecule has 0 aliphatic carbocycles. The molecule has 4 nitrogen and oxygen atoms in total. The van der Waals surface area contributed by atoms with Crippen molar-refractivity contribution in [2.24, 2.45) is 5.92 Å². The molecule has 0 rings (SSSR count). The van der Waals surface area contributed by atoms with Gasteiger partial charge in [-0.05, 0) is 6.42 Å². The van der Waals surface area contributed by atoms with E-state index in [4.69, 9.17) is 10.4 Å². The molecule has 0 aromatic carbocycles. The SMILES string of the molecule is CCCC(C#N)C(=O)N(CCO)CC(F)F. The minimum atomic E-state index is -2.66. The van der Waals surface area contributed by atoms with Gasteiger partial charge in [-0.2, -0.15) is 5.26 Å². The van der Waals surface area contributed by atoms with Crippen LogP contribution in [0.25, 0.3) is 0 Å². The molecule has 6 heteroatoms. The molecule has 0 aliphatic heterocycles. The van der Waals surface area contributed by atoms with Crippen LogP contribution in [0.4, 0.5) is 8.78 Å². The molecule has 16 heavy (non-hydrogen) atoms. The van der Waals surface area contributed by atoms with Gasteiger partial charge in [-0.3, -0.25) is 4.79 Å². The standard InChI is InChI=1S/C10H16F2N2O2/c1-2-3-8(6-13)10(16)14(4-5-15)7-9(11)12/h8-9,15H,2-5,7H2,1H3. The lowest BCUT2D eigenvalue weighted by atomic mass is 10.0. The monoisotopic (exact) mass is 234 g/mol. The first kappa shape index (κ1) is 14.8. The Hall–Kier alpha value is -1.22. The fourth-order valence-electron chi connectivity index (χ4n) is 1.33. The average molecular weight is 234 g/mol. The van der Waals surface area contributed by atoms with Crippen molar-refractivity contribution in [3.63, 3.8) is 0 Å². The van der Waals surface area contributed by atoms with Crippen molar-refractivity contribution in [3.05, 3.63) is 0 Å². The molecule has 0 spiro atoms. The number of aliphatic hydroxyl groups excluding tert-OH is 1. The van der Waals surface area contributed by atoms with Gasteiger partial charge in [0.2, 0.25) is 5.91 Å². The summed E-state index contributed by atoms with van der Waals surface area (Å²) in [7, 11) is 0. The highest BCUT2D eigenvalue weighted by atomic mass is 19.3. The first-order valence-corrected chi connectivity index (χ1v) is 5.14. The largest absolute Gasteiger partial charge is 0.395 e. The molecular formula is C10H16F2N2O2. The molecule has 0 saturated carbocycles. The van der Waals surface area contributed by atoms with Gasteiger partial charge in [-0.1, -0.05) is 13.3 Å². The quantitative estimate of drug-likeness (QED) is 0.715. The van der Waals surface area contributed by atoms with Crippen LogP contribution in [0.2, 0.25) is 0 Å². The van der Waals surface area contributed by atoms with Crippen LogP contribution in [-0.4, -0.2) is 42.0 Å². The number of rotatable bonds is 7. The van der Waals surface area contributed by atoms with Crippen LogP contribution in [0, 0.1) is 17.2 Å². The Bertz CT molecular complexity index is 254. The lowest BCUT2D eigenvalue weighted by Crippen LogP contribution is -2.40. The van der Waals surface area contributed by atoms with Crippen molar-refractivity contribution in [2.75, 3.05) is 19.7 Å². The maximum atomic E-state index is 12.2. The zero-order valence-electron chi connectivity index (χ0n) is 9.20. The van der Waals surface area contributed by atoms with Gasteiger partial charge in [-0.25, -0.2) is 8.78 Å². The lowest BCUT2D eigenvalue weighted by molar-refractivity contribution is -0.136. The van der Waals surface area contributed by atoms with E-state index in [1.807, 2.05) is 0 Å². The minimum Gasteiger partial charge on any atom is -0.395 e. The van der Waals surface area contributed by atoms with Gasteiger partial charge in [0.05, 0.1) is 19.2 Å². The van der Waals surface area contributed by atoms with E-state index in [1.165, 1.54) is 0 Å². The van der Waals surface area contributed by atoms with E-state index >= 15 is 0 Å². The molecule has 0 saturated heterocycles. The van der Waals surface area contributed by atoms with E-state index in [2.05, 4.69) is 0 Å². The second-order valence-corrected chi connectivity index (χ2v) is 3.37. The molecule has 1 amide bonds. The molecule has 1 unspecified atom stereocenters. The third kappa shape index (κ3) is 5.03. The molecule has 92 valence electrons. The minimum absolute atomic E-state index is 0.162. The Morgan fingerprint density at radius 1 is 1.56 bits per heavy atom. The molecule has 0 radical (unpaired) electrons. The summed E-state index contributed by atoms with van der Waals surface area (Å²) in [4.78, 5) is 12.5. The Balaban J connectivity index is 4.51. The number of aliphatic hydroxyl groups is 1. The Morgan fingerprint density at radius 2 is 2.19 bits per heavy atom. The molecule has 0 aromatic rings. The van der Waals surface area contributed by atoms with Gasteiger partial charge in [0, 0.05) is 6.54 Å². The first-order valence-electron chi connectivity index (χ1n) is 5.14. The van der Waals surface area contributed by atoms with Crippen LogP contribution in [-0.2, 0) is 4.79 Å². The van der Waals surface area contributed by atoms with Crippen molar-refractivity contribution >= 4 is 5.91 Å². The number of amides is 1. The number of nitriles is 1. The number of carbonyl (C=O) groups is 1. The Kier molecular flexibility index (Phi) is 7.38. The summed E-state index contributed by atoms with van der Waals surface area (Å²) in [6.07, 6.45) is -1.68. The van der Waals surface area contributed by atoms with Crippen molar-refractivity contribution in [1.29, 1.82) is 5.26 Å². The normalized spacial score (nSPS) is 12.2. The van der Waals surface area contributed by atoms with E-state index in [1.54, 1.807) is 13.0 Å². The first-order chi connectivity index (χ1) is 7.56. The second kappa shape index (κ2) is 7.99. The fourth-order valence-corrected chi connectivity index (χ4v) is 1.33. The Labute approximate surface area is 93.5 Å². The summed E-state index contributed by atoms with van der Waals surface area (Å²) >= 11 is 0. The van der Waals surface area contributed by atoms with Crippen molar-refractivity contribution in [3.8, 4) is 6.07 Å². The third-order valence-corrected chi connectivity index (χ3v) is 2.07. The summed E-state index contributed by atoms with van der Waals surface area (Å²) in [5.41, 5.74) is 0. The van der Waals surface area contributed by atoms with E-state index < -0.39 is 24.8 Å². The van der Waals surface area contributed by atoms with Gasteiger partial charge >= 0.3 is 0 Å². The number of halogens is 2. The number of hydrogen-bond donors (Lipinski definition) is 1. The summed E-state index contributed by atoms with van der Waals surface area (Å²) in [5.74, 6) is -1.52.